The van der Waals surface area contributed by atoms with E-state index in [1.807, 2.05) is 31.2 Å². The average molecular weight is 383 g/mol. The summed E-state index contributed by atoms with van der Waals surface area (Å²) in [5, 5.41) is 9.19. The van der Waals surface area contributed by atoms with Crippen LogP contribution in [0.1, 0.15) is 43.3 Å². The van der Waals surface area contributed by atoms with E-state index in [4.69, 9.17) is 9.15 Å². The predicted octanol–water partition coefficient (Wildman–Crippen LogP) is 4.02. The first-order chi connectivity index (χ1) is 13.6. The molecule has 150 valence electrons. The van der Waals surface area contributed by atoms with Crippen molar-refractivity contribution in [3.63, 3.8) is 0 Å². The van der Waals surface area contributed by atoms with Crippen LogP contribution in [0.2, 0.25) is 0 Å². The van der Waals surface area contributed by atoms with Gasteiger partial charge in [-0.3, -0.25) is 9.69 Å². The largest absolute Gasteiger partial charge is 0.466 e. The Balaban J connectivity index is 1.72. The minimum atomic E-state index is -0.536. The minimum absolute atomic E-state index is 0.100. The Kier molecular flexibility index (Phi) is 7.06. The number of aliphatic hydroxyl groups is 1. The minimum Gasteiger partial charge on any atom is -0.466 e. The van der Waals surface area contributed by atoms with Gasteiger partial charge in [0.25, 0.3) is 0 Å². The monoisotopic (exact) mass is 383 g/mol. The van der Waals surface area contributed by atoms with Crippen LogP contribution in [0.5, 0.6) is 0 Å². The number of allylic oxidation sites excluding steroid dienone is 1. The van der Waals surface area contributed by atoms with E-state index in [1.54, 1.807) is 6.07 Å². The molecule has 1 saturated heterocycles. The maximum absolute atomic E-state index is 12.9. The molecule has 1 aliphatic rings. The summed E-state index contributed by atoms with van der Waals surface area (Å²) in [5.41, 5.74) is 0.590. The quantitative estimate of drug-likeness (QED) is 0.698. The summed E-state index contributed by atoms with van der Waals surface area (Å²) < 4.78 is 11.1. The van der Waals surface area contributed by atoms with Crippen molar-refractivity contribution >= 4 is 12.0 Å². The topological polar surface area (TPSA) is 62.9 Å². The predicted molar refractivity (Wildman–Crippen MR) is 108 cm³/mol. The zero-order valence-electron chi connectivity index (χ0n) is 16.5. The molecule has 0 amide bonds. The number of carbonyl (C=O) groups excluding carboxylic acids is 1. The normalized spacial score (nSPS) is 20.5. The Hall–Kier alpha value is -2.37. The zero-order chi connectivity index (χ0) is 19.8. The van der Waals surface area contributed by atoms with Crippen LogP contribution in [-0.4, -0.2) is 35.7 Å². The molecule has 1 N–H and O–H groups in total. The van der Waals surface area contributed by atoms with E-state index >= 15 is 0 Å². The van der Waals surface area contributed by atoms with Crippen molar-refractivity contribution in [1.29, 1.82) is 0 Å². The highest BCUT2D eigenvalue weighted by atomic mass is 16.5. The average Bonchev–Trinajstić information content (AvgIpc) is 3.17. The molecular weight excluding hydrogens is 354 g/mol. The summed E-state index contributed by atoms with van der Waals surface area (Å²) in [6, 6.07) is 13.8. The smallest absolute Gasteiger partial charge is 0.313 e. The van der Waals surface area contributed by atoms with Gasteiger partial charge in [-0.1, -0.05) is 42.5 Å². The molecule has 1 aliphatic heterocycles. The van der Waals surface area contributed by atoms with Gasteiger partial charge in [-0.2, -0.15) is 0 Å². The summed E-state index contributed by atoms with van der Waals surface area (Å²) in [5.74, 6) is 1.26. The Morgan fingerprint density at radius 2 is 2.04 bits per heavy atom. The number of esters is 1. The number of nitrogens with zero attached hydrogens (tertiary/aromatic N) is 1. The van der Waals surface area contributed by atoms with Gasteiger partial charge in [-0.05, 0) is 50.4 Å². The Morgan fingerprint density at radius 3 is 2.75 bits per heavy atom. The molecule has 0 saturated carbocycles. The lowest BCUT2D eigenvalue weighted by molar-refractivity contribution is -0.159. The van der Waals surface area contributed by atoms with Crippen LogP contribution in [0.4, 0.5) is 0 Å². The summed E-state index contributed by atoms with van der Waals surface area (Å²) >= 11 is 0. The summed E-state index contributed by atoms with van der Waals surface area (Å²) in [4.78, 5) is 15.1. The number of benzene rings is 1. The second-order valence-corrected chi connectivity index (χ2v) is 7.36. The lowest BCUT2D eigenvalue weighted by Gasteiger charge is -2.40. The fourth-order valence-electron chi connectivity index (χ4n) is 3.86. The van der Waals surface area contributed by atoms with Gasteiger partial charge < -0.3 is 14.3 Å². The van der Waals surface area contributed by atoms with Crippen molar-refractivity contribution in [2.24, 2.45) is 5.41 Å². The van der Waals surface area contributed by atoms with E-state index in [-0.39, 0.29) is 12.6 Å². The van der Waals surface area contributed by atoms with Gasteiger partial charge in [0.05, 0.1) is 18.6 Å². The van der Waals surface area contributed by atoms with Crippen LogP contribution in [0, 0.1) is 5.41 Å². The van der Waals surface area contributed by atoms with E-state index in [0.717, 1.165) is 30.7 Å². The van der Waals surface area contributed by atoms with Crippen LogP contribution in [0.25, 0.3) is 6.08 Å². The van der Waals surface area contributed by atoms with Crippen molar-refractivity contribution in [1.82, 2.24) is 4.90 Å². The number of hydrogen-bond acceptors (Lipinski definition) is 5. The third-order valence-corrected chi connectivity index (χ3v) is 5.24. The number of aliphatic hydroxyl groups excluding tert-OH is 1. The molecular formula is C23H29NO4. The van der Waals surface area contributed by atoms with E-state index < -0.39 is 5.41 Å². The lowest BCUT2D eigenvalue weighted by atomic mass is 9.76. The first-order valence-electron chi connectivity index (χ1n) is 9.95. The highest BCUT2D eigenvalue weighted by molar-refractivity contribution is 5.77. The highest BCUT2D eigenvalue weighted by Gasteiger charge is 2.42. The molecule has 3 rings (SSSR count). The Morgan fingerprint density at radius 1 is 1.25 bits per heavy atom. The maximum atomic E-state index is 12.9. The van der Waals surface area contributed by atoms with Gasteiger partial charge in [-0.25, -0.2) is 0 Å². The third-order valence-electron chi connectivity index (χ3n) is 5.24. The van der Waals surface area contributed by atoms with Gasteiger partial charge in [0, 0.05) is 6.54 Å². The maximum Gasteiger partial charge on any atom is 0.313 e. The molecule has 2 aromatic rings. The second-order valence-electron chi connectivity index (χ2n) is 7.36. The molecule has 0 aliphatic carbocycles. The molecule has 1 aromatic carbocycles. The molecule has 1 unspecified atom stereocenters. The number of hydrogen-bond donors (Lipinski definition) is 1. The van der Waals surface area contributed by atoms with Crippen molar-refractivity contribution in [2.75, 3.05) is 19.7 Å². The van der Waals surface area contributed by atoms with Gasteiger partial charge in [0.2, 0.25) is 0 Å². The van der Waals surface area contributed by atoms with Crippen molar-refractivity contribution in [3.8, 4) is 0 Å². The molecule has 5 heteroatoms. The van der Waals surface area contributed by atoms with Crippen LogP contribution in [0.3, 0.4) is 0 Å². The van der Waals surface area contributed by atoms with Gasteiger partial charge in [-0.15, -0.1) is 0 Å². The number of likely N-dealkylation sites (tertiary alicyclic amines) is 1. The molecule has 28 heavy (non-hydrogen) atoms. The number of piperidine rings is 1. The molecule has 5 nitrogen and oxygen atoms in total. The molecule has 0 spiro atoms. The lowest BCUT2D eigenvalue weighted by Crippen LogP contribution is -2.48. The number of rotatable bonds is 8. The standard InChI is InChI=1S/C23H29NO4/c1-2-27-22(26)23(13-6-10-19-8-4-3-5-9-19)14-7-15-24(18-23)16-20-11-12-21(17-25)28-20/h3-6,8-12,25H,2,7,13-18H2,1H3/b10-6+. The zero-order valence-corrected chi connectivity index (χ0v) is 16.5. The molecule has 1 atom stereocenters. The van der Waals surface area contributed by atoms with E-state index in [9.17, 15) is 9.90 Å². The van der Waals surface area contributed by atoms with E-state index in [0.29, 0.717) is 31.9 Å². The fraction of sp³-hybridized carbons (Fsp3) is 0.435. The molecule has 0 bridgehead atoms. The third kappa shape index (κ3) is 5.12. The second kappa shape index (κ2) is 9.71. The molecule has 1 aromatic heterocycles. The van der Waals surface area contributed by atoms with Crippen LogP contribution in [-0.2, 0) is 22.7 Å². The summed E-state index contributed by atoms with van der Waals surface area (Å²) in [7, 11) is 0. The van der Waals surface area contributed by atoms with Crippen molar-refractivity contribution in [2.45, 2.75) is 39.3 Å². The molecule has 1 fully saturated rings. The van der Waals surface area contributed by atoms with Gasteiger partial charge in [0.15, 0.2) is 0 Å². The number of furan rings is 1. The first kappa shape index (κ1) is 20.4. The summed E-state index contributed by atoms with van der Waals surface area (Å²) in [6.45, 7) is 4.33. The molecule has 2 heterocycles. The van der Waals surface area contributed by atoms with Gasteiger partial charge >= 0.3 is 5.97 Å². The van der Waals surface area contributed by atoms with Crippen molar-refractivity contribution < 1.29 is 19.1 Å². The highest BCUT2D eigenvalue weighted by Crippen LogP contribution is 2.36. The Labute approximate surface area is 166 Å². The number of ether oxygens (including phenoxy) is 1. The van der Waals surface area contributed by atoms with E-state index in [1.165, 1.54) is 0 Å². The fourth-order valence-corrected chi connectivity index (χ4v) is 3.86. The van der Waals surface area contributed by atoms with Crippen LogP contribution >= 0.6 is 0 Å². The summed E-state index contributed by atoms with van der Waals surface area (Å²) in [6.07, 6.45) is 6.57. The van der Waals surface area contributed by atoms with Crippen LogP contribution in [0.15, 0.2) is 53.0 Å². The van der Waals surface area contributed by atoms with Gasteiger partial charge in [0.1, 0.15) is 18.1 Å². The molecule has 0 radical (unpaired) electrons. The SMILES string of the molecule is CCOC(=O)C1(C/C=C/c2ccccc2)CCCN(Cc2ccc(CO)o2)C1. The van der Waals surface area contributed by atoms with Crippen molar-refractivity contribution in [3.05, 3.63) is 65.6 Å². The van der Waals surface area contributed by atoms with E-state index in [2.05, 4.69) is 29.2 Å². The number of carbonyl (C=O) groups is 1. The first-order valence-corrected chi connectivity index (χ1v) is 9.95. The van der Waals surface area contributed by atoms with Crippen LogP contribution < -0.4 is 0 Å². The Bertz CT molecular complexity index is 783.